The topological polar surface area (TPSA) is 96.0 Å². The molecule has 1 unspecified atom stereocenters. The average Bonchev–Trinajstić information content (AvgIpc) is 2.63. The summed E-state index contributed by atoms with van der Waals surface area (Å²) in [5.41, 5.74) is 1.93. The number of nitrogens with one attached hydrogen (secondary N) is 1. The highest BCUT2D eigenvalue weighted by Gasteiger charge is 2.35. The van der Waals surface area contributed by atoms with Crippen LogP contribution < -0.4 is 10.2 Å². The molecule has 1 N–H and O–H groups in total. The Kier molecular flexibility index (Phi) is 8.05. The zero-order chi connectivity index (χ0) is 20.0. The van der Waals surface area contributed by atoms with Crippen molar-refractivity contribution in [3.63, 3.8) is 0 Å². The Balaban J connectivity index is 2.16. The molecule has 1 heterocycles. The summed E-state index contributed by atoms with van der Waals surface area (Å²) in [5.74, 6) is -1.59. The van der Waals surface area contributed by atoms with Crippen molar-refractivity contribution in [3.05, 3.63) is 29.3 Å². The van der Waals surface area contributed by atoms with E-state index in [1.807, 2.05) is 18.0 Å². The molecule has 0 aliphatic carbocycles. The number of imide groups is 2. The van der Waals surface area contributed by atoms with E-state index in [1.165, 1.54) is 9.21 Å². The summed E-state index contributed by atoms with van der Waals surface area (Å²) in [6.07, 6.45) is 0.569. The van der Waals surface area contributed by atoms with Gasteiger partial charge in [-0.05, 0) is 37.1 Å². The Bertz CT molecular complexity index is 745. The highest BCUT2D eigenvalue weighted by molar-refractivity contribution is 14.2. The largest absolute Gasteiger partial charge is 0.372 e. The standard InChI is InChI=1S/C17H20IN3O5S/c1-11-9-12(20(2)7-8-26-27-18)3-4-13(11)17(25)21(10-22)14-5-6-15(23)19-16(14)24/h3-4,9-10,14H,5-8H2,1-2H3,(H,19,23,24). The Hall–Kier alpha value is -1.66. The summed E-state index contributed by atoms with van der Waals surface area (Å²) in [7, 11) is 3.19. The van der Waals surface area contributed by atoms with Gasteiger partial charge < -0.3 is 9.08 Å². The fourth-order valence-corrected chi connectivity index (χ4v) is 3.49. The number of hydrogen-bond acceptors (Lipinski definition) is 7. The van der Waals surface area contributed by atoms with Crippen molar-refractivity contribution in [1.82, 2.24) is 10.2 Å². The van der Waals surface area contributed by atoms with Crippen LogP contribution in [0.5, 0.6) is 0 Å². The molecular formula is C17H20IN3O5S. The minimum atomic E-state index is -0.975. The smallest absolute Gasteiger partial charge is 0.261 e. The van der Waals surface area contributed by atoms with E-state index >= 15 is 0 Å². The van der Waals surface area contributed by atoms with Crippen molar-refractivity contribution in [3.8, 4) is 0 Å². The molecule has 1 aliphatic heterocycles. The van der Waals surface area contributed by atoms with Gasteiger partial charge in [-0.2, -0.15) is 0 Å². The first kappa shape index (κ1) is 21.6. The van der Waals surface area contributed by atoms with Gasteiger partial charge in [-0.15, -0.1) is 0 Å². The van der Waals surface area contributed by atoms with Crippen LogP contribution in [-0.2, 0) is 18.6 Å². The van der Waals surface area contributed by atoms with Crippen molar-refractivity contribution in [2.75, 3.05) is 25.1 Å². The van der Waals surface area contributed by atoms with Gasteiger partial charge in [0, 0.05) is 52.5 Å². The summed E-state index contributed by atoms with van der Waals surface area (Å²) in [6, 6.07) is 4.29. The number of anilines is 1. The molecule has 1 fully saturated rings. The number of aryl methyl sites for hydroxylation is 1. The molecule has 8 nitrogen and oxygen atoms in total. The lowest BCUT2D eigenvalue weighted by Gasteiger charge is -2.29. The Morgan fingerprint density at radius 2 is 2.19 bits per heavy atom. The maximum atomic E-state index is 12.8. The maximum absolute atomic E-state index is 12.8. The molecule has 1 aliphatic rings. The Labute approximate surface area is 173 Å². The SMILES string of the molecule is Cc1cc(N(C)CCOSI)ccc1C(=O)N(C=O)C1CCC(=O)NC1=O. The van der Waals surface area contributed by atoms with Gasteiger partial charge in [-0.1, -0.05) is 0 Å². The van der Waals surface area contributed by atoms with Crippen LogP contribution in [0.25, 0.3) is 0 Å². The lowest BCUT2D eigenvalue weighted by atomic mass is 10.0. The first-order chi connectivity index (χ1) is 12.9. The van der Waals surface area contributed by atoms with Crippen molar-refractivity contribution >= 4 is 60.2 Å². The van der Waals surface area contributed by atoms with Crippen molar-refractivity contribution in [2.24, 2.45) is 0 Å². The highest BCUT2D eigenvalue weighted by atomic mass is 127. The zero-order valence-corrected chi connectivity index (χ0v) is 17.9. The van der Waals surface area contributed by atoms with E-state index < -0.39 is 23.8 Å². The molecule has 0 saturated carbocycles. The third-order valence-electron chi connectivity index (χ3n) is 4.33. The zero-order valence-electron chi connectivity index (χ0n) is 14.9. The van der Waals surface area contributed by atoms with E-state index in [2.05, 4.69) is 26.5 Å². The molecule has 146 valence electrons. The van der Waals surface area contributed by atoms with Gasteiger partial charge in [-0.25, -0.2) is 0 Å². The van der Waals surface area contributed by atoms with Crippen LogP contribution in [-0.4, -0.2) is 55.3 Å². The molecule has 4 amide bonds. The van der Waals surface area contributed by atoms with Crippen LogP contribution >= 0.6 is 30.4 Å². The van der Waals surface area contributed by atoms with E-state index in [1.54, 1.807) is 19.1 Å². The number of likely N-dealkylation sites (N-methyl/N-ethyl adjacent to an activating group) is 1. The van der Waals surface area contributed by atoms with Gasteiger partial charge in [0.2, 0.25) is 18.2 Å². The number of benzene rings is 1. The molecule has 2 rings (SSSR count). The third kappa shape index (κ3) is 5.42. The second-order valence-corrected chi connectivity index (χ2v) is 7.53. The number of carbonyl (C=O) groups excluding carboxylic acids is 4. The minimum Gasteiger partial charge on any atom is -0.372 e. The maximum Gasteiger partial charge on any atom is 0.261 e. The van der Waals surface area contributed by atoms with Gasteiger partial charge in [0.15, 0.2) is 0 Å². The molecule has 0 aromatic heterocycles. The second-order valence-electron chi connectivity index (χ2n) is 6.09. The summed E-state index contributed by atoms with van der Waals surface area (Å²) in [4.78, 5) is 50.4. The fourth-order valence-electron chi connectivity index (χ4n) is 2.81. The lowest BCUT2D eigenvalue weighted by Crippen LogP contribution is -2.53. The molecule has 1 saturated heterocycles. The molecule has 10 heteroatoms. The van der Waals surface area contributed by atoms with Crippen LogP contribution in [0.3, 0.4) is 0 Å². The molecule has 1 atom stereocenters. The number of halogens is 1. The number of carbonyl (C=O) groups is 4. The van der Waals surface area contributed by atoms with Crippen LogP contribution in [0.1, 0.15) is 28.8 Å². The number of nitrogens with zero attached hydrogens (tertiary/aromatic N) is 2. The molecule has 1 aromatic carbocycles. The van der Waals surface area contributed by atoms with Crippen LogP contribution in [0.15, 0.2) is 18.2 Å². The predicted molar refractivity (Wildman–Crippen MR) is 110 cm³/mol. The number of rotatable bonds is 8. The predicted octanol–water partition coefficient (Wildman–Crippen LogP) is 1.85. The van der Waals surface area contributed by atoms with E-state index in [0.29, 0.717) is 30.7 Å². The highest BCUT2D eigenvalue weighted by Crippen LogP contribution is 2.22. The molecule has 27 heavy (non-hydrogen) atoms. The third-order valence-corrected chi connectivity index (χ3v) is 5.35. The van der Waals surface area contributed by atoms with Gasteiger partial charge in [0.05, 0.1) is 15.8 Å². The van der Waals surface area contributed by atoms with Crippen LogP contribution in [0.4, 0.5) is 5.69 Å². The van der Waals surface area contributed by atoms with Gasteiger partial charge in [0.1, 0.15) is 6.04 Å². The molecule has 0 bridgehead atoms. The molecule has 0 spiro atoms. The molecule has 1 aromatic rings. The Morgan fingerprint density at radius 3 is 2.78 bits per heavy atom. The van der Waals surface area contributed by atoms with Gasteiger partial charge >= 0.3 is 0 Å². The molecular weight excluding hydrogens is 485 g/mol. The number of hydrogen-bond donors (Lipinski definition) is 1. The van der Waals surface area contributed by atoms with E-state index in [9.17, 15) is 19.2 Å². The number of piperidine rings is 1. The minimum absolute atomic E-state index is 0.0916. The monoisotopic (exact) mass is 505 g/mol. The van der Waals surface area contributed by atoms with E-state index in [0.717, 1.165) is 10.6 Å². The summed E-state index contributed by atoms with van der Waals surface area (Å²) < 4.78 is 5.25. The van der Waals surface area contributed by atoms with E-state index in [-0.39, 0.29) is 12.8 Å². The van der Waals surface area contributed by atoms with Crippen molar-refractivity contribution < 1.29 is 23.4 Å². The Morgan fingerprint density at radius 1 is 1.44 bits per heavy atom. The van der Waals surface area contributed by atoms with Gasteiger partial charge in [0.25, 0.3) is 5.91 Å². The number of amides is 4. The summed E-state index contributed by atoms with van der Waals surface area (Å²) in [6.45, 7) is 3.01. The normalized spacial score (nSPS) is 16.6. The first-order valence-electron chi connectivity index (χ1n) is 8.22. The molecule has 0 radical (unpaired) electrons. The summed E-state index contributed by atoms with van der Waals surface area (Å²) in [5, 5.41) is 2.16. The van der Waals surface area contributed by atoms with Crippen molar-refractivity contribution in [2.45, 2.75) is 25.8 Å². The lowest BCUT2D eigenvalue weighted by molar-refractivity contribution is -0.139. The summed E-state index contributed by atoms with van der Waals surface area (Å²) >= 11 is 2.05. The average molecular weight is 505 g/mol. The van der Waals surface area contributed by atoms with Crippen LogP contribution in [0.2, 0.25) is 0 Å². The van der Waals surface area contributed by atoms with Gasteiger partial charge in [-0.3, -0.25) is 29.4 Å². The fraction of sp³-hybridized carbons (Fsp3) is 0.412. The second kappa shape index (κ2) is 10.0. The first-order valence-corrected chi connectivity index (χ1v) is 11.5. The van der Waals surface area contributed by atoms with Crippen molar-refractivity contribution in [1.29, 1.82) is 0 Å². The van der Waals surface area contributed by atoms with E-state index in [4.69, 9.17) is 4.18 Å². The quantitative estimate of drug-likeness (QED) is 0.190. The van der Waals surface area contributed by atoms with Crippen LogP contribution in [0, 0.1) is 6.92 Å².